The molecule has 1 spiro atoms. The monoisotopic (exact) mass is 424 g/mol. The number of nitrogens with zero attached hydrogens (tertiary/aromatic N) is 1. The van der Waals surface area contributed by atoms with Crippen molar-refractivity contribution in [2.24, 2.45) is 5.73 Å². The van der Waals surface area contributed by atoms with Crippen LogP contribution in [0.4, 0.5) is 9.80 Å². The van der Waals surface area contributed by atoms with Gasteiger partial charge in [0.2, 0.25) is 5.91 Å². The smallest absolute Gasteiger partial charge is 0.325 e. The molecule has 30 heavy (non-hydrogen) atoms. The number of nitrogens with one attached hydrogen (secondary N) is 2. The van der Waals surface area contributed by atoms with E-state index in [0.717, 1.165) is 45.7 Å². The number of aryl methyl sites for hydroxylation is 2. The van der Waals surface area contributed by atoms with Crippen LogP contribution in [0.5, 0.6) is 0 Å². The molecular formula is C21H20N4O4S. The maximum absolute atomic E-state index is 13.2. The van der Waals surface area contributed by atoms with Gasteiger partial charge in [-0.15, -0.1) is 11.3 Å². The summed E-state index contributed by atoms with van der Waals surface area (Å²) < 4.78 is 0. The predicted molar refractivity (Wildman–Crippen MR) is 110 cm³/mol. The number of anilines is 1. The number of carbonyl (C=O) groups is 4. The zero-order chi connectivity index (χ0) is 21.0. The highest BCUT2D eigenvalue weighted by atomic mass is 32.1. The molecule has 2 aliphatic carbocycles. The molecule has 0 radical (unpaired) electrons. The molecule has 9 heteroatoms. The molecule has 5 amide bonds. The fourth-order valence-corrected chi connectivity index (χ4v) is 6.11. The predicted octanol–water partition coefficient (Wildman–Crippen LogP) is 1.67. The lowest BCUT2D eigenvalue weighted by Gasteiger charge is -2.22. The van der Waals surface area contributed by atoms with Crippen molar-refractivity contribution >= 4 is 40.1 Å². The van der Waals surface area contributed by atoms with E-state index in [1.807, 2.05) is 24.3 Å². The molecule has 2 heterocycles. The summed E-state index contributed by atoms with van der Waals surface area (Å²) in [6.45, 7) is -0.421. The molecule has 5 rings (SSSR count). The van der Waals surface area contributed by atoms with Gasteiger partial charge in [0.25, 0.3) is 11.8 Å². The zero-order valence-corrected chi connectivity index (χ0v) is 16.9. The number of primary amides is 1. The fraction of sp³-hybridized carbons (Fsp3) is 0.333. The summed E-state index contributed by atoms with van der Waals surface area (Å²) in [6.07, 6.45) is 3.73. The molecule has 0 saturated carbocycles. The average Bonchev–Trinajstić information content (AvgIpc) is 3.43. The molecule has 8 nitrogen and oxygen atoms in total. The molecule has 1 aliphatic heterocycles. The number of urea groups is 1. The third-order valence-electron chi connectivity index (χ3n) is 6.14. The number of carbonyl (C=O) groups excluding carboxylic acids is 4. The van der Waals surface area contributed by atoms with Crippen LogP contribution in [-0.2, 0) is 34.4 Å². The number of hydrogen-bond donors (Lipinski definition) is 3. The number of thiophene rings is 1. The topological polar surface area (TPSA) is 122 Å². The summed E-state index contributed by atoms with van der Waals surface area (Å²) >= 11 is 1.34. The molecule has 4 N–H and O–H groups in total. The third-order valence-corrected chi connectivity index (χ3v) is 7.35. The minimum atomic E-state index is -1.10. The van der Waals surface area contributed by atoms with Crippen LogP contribution < -0.4 is 16.4 Å². The second kappa shape index (κ2) is 6.66. The van der Waals surface area contributed by atoms with Crippen molar-refractivity contribution in [1.82, 2.24) is 10.2 Å². The quantitative estimate of drug-likeness (QED) is 0.646. The minimum Gasteiger partial charge on any atom is -0.365 e. The Labute approximate surface area is 176 Å². The van der Waals surface area contributed by atoms with Gasteiger partial charge in [0.05, 0.1) is 5.56 Å². The van der Waals surface area contributed by atoms with E-state index in [9.17, 15) is 19.2 Å². The first-order valence-electron chi connectivity index (χ1n) is 9.87. The van der Waals surface area contributed by atoms with Gasteiger partial charge in [-0.25, -0.2) is 4.79 Å². The van der Waals surface area contributed by atoms with Crippen LogP contribution in [-0.4, -0.2) is 35.2 Å². The van der Waals surface area contributed by atoms with Crippen molar-refractivity contribution in [3.05, 3.63) is 51.4 Å². The van der Waals surface area contributed by atoms with Gasteiger partial charge >= 0.3 is 6.03 Å². The lowest BCUT2D eigenvalue weighted by Crippen LogP contribution is -2.43. The van der Waals surface area contributed by atoms with Crippen molar-refractivity contribution in [3.63, 3.8) is 0 Å². The van der Waals surface area contributed by atoms with Gasteiger partial charge in [-0.05, 0) is 48.8 Å². The second-order valence-corrected chi connectivity index (χ2v) is 8.96. The highest BCUT2D eigenvalue weighted by Crippen LogP contribution is 2.41. The number of imide groups is 1. The molecule has 154 valence electrons. The number of rotatable bonds is 4. The van der Waals surface area contributed by atoms with Crippen LogP contribution in [0.3, 0.4) is 0 Å². The number of amides is 5. The Bertz CT molecular complexity index is 1120. The van der Waals surface area contributed by atoms with Gasteiger partial charge in [-0.2, -0.15) is 0 Å². The first-order chi connectivity index (χ1) is 14.4. The maximum atomic E-state index is 13.2. The van der Waals surface area contributed by atoms with Crippen molar-refractivity contribution in [2.75, 3.05) is 11.9 Å². The van der Waals surface area contributed by atoms with E-state index in [1.165, 1.54) is 11.3 Å². The summed E-state index contributed by atoms with van der Waals surface area (Å²) in [6, 6.07) is 6.94. The summed E-state index contributed by atoms with van der Waals surface area (Å²) in [7, 11) is 0. The van der Waals surface area contributed by atoms with Crippen LogP contribution in [0, 0.1) is 0 Å². The third kappa shape index (κ3) is 2.65. The highest BCUT2D eigenvalue weighted by Gasteiger charge is 2.55. The van der Waals surface area contributed by atoms with Crippen molar-refractivity contribution in [2.45, 2.75) is 37.6 Å². The SMILES string of the molecule is NC(=O)c1c(NC(=O)CN2C(=O)N[C@@]3(CCc4ccccc43)C2=O)sc2c1CCC2. The van der Waals surface area contributed by atoms with E-state index in [-0.39, 0.29) is 0 Å². The number of fused-ring (bicyclic) bond motifs is 3. The second-order valence-electron chi connectivity index (χ2n) is 7.86. The summed E-state index contributed by atoms with van der Waals surface area (Å²) in [5.41, 5.74) is 7.49. The molecular weight excluding hydrogens is 404 g/mol. The summed E-state index contributed by atoms with van der Waals surface area (Å²) in [5, 5.41) is 5.89. The van der Waals surface area contributed by atoms with E-state index in [0.29, 0.717) is 23.4 Å². The Morgan fingerprint density at radius 3 is 2.80 bits per heavy atom. The normalized spacial score (nSPS) is 21.7. The van der Waals surface area contributed by atoms with Crippen molar-refractivity contribution < 1.29 is 19.2 Å². The molecule has 3 aliphatic rings. The molecule has 1 saturated heterocycles. The summed E-state index contributed by atoms with van der Waals surface area (Å²) in [5.74, 6) is -1.54. The Kier molecular flexibility index (Phi) is 4.18. The molecule has 1 aromatic heterocycles. The molecule has 1 aromatic carbocycles. The standard InChI is InChI=1S/C21H20N4O4S/c22-17(27)16-12-5-3-7-14(12)30-18(16)23-15(26)10-25-19(28)21(24-20(25)29)9-8-11-4-1-2-6-13(11)21/h1-2,4,6H,3,5,7-10H2,(H2,22,27)(H,23,26)(H,24,29)/t21-/m1/s1. The molecule has 2 aromatic rings. The molecule has 1 atom stereocenters. The lowest BCUT2D eigenvalue weighted by molar-refractivity contribution is -0.134. The van der Waals surface area contributed by atoms with E-state index >= 15 is 0 Å². The molecule has 1 fully saturated rings. The summed E-state index contributed by atoms with van der Waals surface area (Å²) in [4.78, 5) is 52.3. The van der Waals surface area contributed by atoms with Gasteiger partial charge in [0.15, 0.2) is 0 Å². The average molecular weight is 424 g/mol. The Morgan fingerprint density at radius 1 is 1.20 bits per heavy atom. The molecule has 0 bridgehead atoms. The van der Waals surface area contributed by atoms with Gasteiger partial charge in [0.1, 0.15) is 17.1 Å². The first-order valence-corrected chi connectivity index (χ1v) is 10.7. The van der Waals surface area contributed by atoms with E-state index in [4.69, 9.17) is 5.73 Å². The Morgan fingerprint density at radius 2 is 2.00 bits per heavy atom. The minimum absolute atomic E-state index is 0.347. The molecule has 0 unspecified atom stereocenters. The Balaban J connectivity index is 1.36. The highest BCUT2D eigenvalue weighted by molar-refractivity contribution is 7.17. The Hall–Kier alpha value is -3.20. The lowest BCUT2D eigenvalue weighted by atomic mass is 9.92. The van der Waals surface area contributed by atoms with Gasteiger partial charge in [0, 0.05) is 4.88 Å². The van der Waals surface area contributed by atoms with Gasteiger partial charge < -0.3 is 16.4 Å². The number of nitrogens with two attached hydrogens (primary N) is 1. The zero-order valence-electron chi connectivity index (χ0n) is 16.1. The number of benzene rings is 1. The largest absolute Gasteiger partial charge is 0.365 e. The van der Waals surface area contributed by atoms with Crippen LogP contribution >= 0.6 is 11.3 Å². The van der Waals surface area contributed by atoms with E-state index < -0.39 is 35.8 Å². The van der Waals surface area contributed by atoms with Gasteiger partial charge in [-0.1, -0.05) is 24.3 Å². The number of hydrogen-bond acceptors (Lipinski definition) is 5. The fourth-order valence-electron chi connectivity index (χ4n) is 4.80. The first kappa shape index (κ1) is 18.8. The van der Waals surface area contributed by atoms with Crippen LogP contribution in [0.2, 0.25) is 0 Å². The van der Waals surface area contributed by atoms with Crippen LogP contribution in [0.1, 0.15) is 44.8 Å². The van der Waals surface area contributed by atoms with Crippen LogP contribution in [0.15, 0.2) is 24.3 Å². The van der Waals surface area contributed by atoms with E-state index in [1.54, 1.807) is 0 Å². The maximum Gasteiger partial charge on any atom is 0.325 e. The van der Waals surface area contributed by atoms with Crippen LogP contribution in [0.25, 0.3) is 0 Å². The van der Waals surface area contributed by atoms with Gasteiger partial charge in [-0.3, -0.25) is 19.3 Å². The van der Waals surface area contributed by atoms with Crippen molar-refractivity contribution in [1.29, 1.82) is 0 Å². The van der Waals surface area contributed by atoms with Crippen molar-refractivity contribution in [3.8, 4) is 0 Å². The van der Waals surface area contributed by atoms with E-state index in [2.05, 4.69) is 10.6 Å².